The summed E-state index contributed by atoms with van der Waals surface area (Å²) in [5, 5.41) is 8.68. The van der Waals surface area contributed by atoms with E-state index in [1.165, 1.54) is 0 Å². The van der Waals surface area contributed by atoms with Crippen LogP contribution in [0.4, 0.5) is 8.78 Å². The Labute approximate surface area is 69.7 Å². The highest BCUT2D eigenvalue weighted by molar-refractivity contribution is 5.31. The van der Waals surface area contributed by atoms with Gasteiger partial charge in [0.25, 0.3) is 0 Å². The summed E-state index contributed by atoms with van der Waals surface area (Å²) < 4.78 is 25.5. The van der Waals surface area contributed by atoms with Crippen LogP contribution in [0.5, 0.6) is 0 Å². The summed E-state index contributed by atoms with van der Waals surface area (Å²) in [4.78, 5) is 0. The zero-order chi connectivity index (χ0) is 9.14. The maximum absolute atomic E-state index is 12.9. The highest BCUT2D eigenvalue weighted by Crippen LogP contribution is 2.18. The van der Waals surface area contributed by atoms with Gasteiger partial charge in [-0.15, -0.1) is 0 Å². The molecule has 0 fully saturated rings. The molecule has 0 amide bonds. The molecule has 1 radical (unpaired) electrons. The van der Waals surface area contributed by atoms with E-state index in [-0.39, 0.29) is 12.2 Å². The second-order valence-corrected chi connectivity index (χ2v) is 2.56. The molecule has 12 heavy (non-hydrogen) atoms. The van der Waals surface area contributed by atoms with Gasteiger partial charge in [-0.3, -0.25) is 0 Å². The summed E-state index contributed by atoms with van der Waals surface area (Å²) in [6, 6.07) is 3.16. The van der Waals surface area contributed by atoms with Crippen molar-refractivity contribution in [2.45, 2.75) is 6.92 Å². The summed E-state index contributed by atoms with van der Waals surface area (Å²) in [6.07, 6.45) is 0. The topological polar surface area (TPSA) is 20.2 Å². The molecule has 0 aromatic heterocycles. The molecular weight excluding hydrogens is 162 g/mol. The van der Waals surface area contributed by atoms with Crippen LogP contribution in [-0.2, 0) is 0 Å². The van der Waals surface area contributed by atoms with Crippen molar-refractivity contribution in [2.75, 3.05) is 6.61 Å². The highest BCUT2D eigenvalue weighted by atomic mass is 19.1. The SMILES string of the molecule is C[C](CO)c1cc(F)ccc1F. The molecule has 1 aromatic carbocycles. The van der Waals surface area contributed by atoms with E-state index in [0.29, 0.717) is 5.92 Å². The second-order valence-electron chi connectivity index (χ2n) is 2.56. The Morgan fingerprint density at radius 3 is 2.67 bits per heavy atom. The molecule has 0 saturated heterocycles. The smallest absolute Gasteiger partial charge is 0.127 e. The Bertz CT molecular complexity index is 273. The fourth-order valence-electron chi connectivity index (χ4n) is 0.910. The standard InChI is InChI=1S/C9H9F2O/c1-6(5-12)8-4-7(10)2-3-9(8)11/h2-4,12H,5H2,1H3. The predicted molar refractivity (Wildman–Crippen MR) is 41.5 cm³/mol. The minimum absolute atomic E-state index is 0.137. The van der Waals surface area contributed by atoms with Crippen molar-refractivity contribution in [3.8, 4) is 0 Å². The van der Waals surface area contributed by atoms with Gasteiger partial charge in [0.2, 0.25) is 0 Å². The van der Waals surface area contributed by atoms with Crippen LogP contribution in [0.3, 0.4) is 0 Å². The van der Waals surface area contributed by atoms with Crippen LogP contribution in [-0.4, -0.2) is 11.7 Å². The zero-order valence-corrected chi connectivity index (χ0v) is 6.64. The number of aliphatic hydroxyl groups is 1. The van der Waals surface area contributed by atoms with Gasteiger partial charge in [-0.1, -0.05) is 6.92 Å². The van der Waals surface area contributed by atoms with Crippen molar-refractivity contribution >= 4 is 0 Å². The summed E-state index contributed by atoms with van der Waals surface area (Å²) in [7, 11) is 0. The van der Waals surface area contributed by atoms with Crippen LogP contribution in [0.15, 0.2) is 18.2 Å². The first kappa shape index (κ1) is 9.13. The second kappa shape index (κ2) is 3.63. The molecule has 0 bridgehead atoms. The molecule has 0 heterocycles. The van der Waals surface area contributed by atoms with Gasteiger partial charge in [-0.05, 0) is 23.8 Å². The number of hydrogen-bond acceptors (Lipinski definition) is 1. The molecule has 3 heteroatoms. The van der Waals surface area contributed by atoms with Crippen molar-refractivity contribution in [3.63, 3.8) is 0 Å². The van der Waals surface area contributed by atoms with Gasteiger partial charge in [0.1, 0.15) is 11.6 Å². The maximum atomic E-state index is 12.9. The normalized spacial score (nSPS) is 10.8. The van der Waals surface area contributed by atoms with Gasteiger partial charge in [0.05, 0.1) is 6.61 Å². The van der Waals surface area contributed by atoms with Crippen LogP contribution < -0.4 is 0 Å². The van der Waals surface area contributed by atoms with Crippen molar-refractivity contribution in [1.82, 2.24) is 0 Å². The molecule has 0 saturated carbocycles. The van der Waals surface area contributed by atoms with E-state index in [1.54, 1.807) is 6.92 Å². The quantitative estimate of drug-likeness (QED) is 0.720. The minimum atomic E-state index is -0.511. The minimum Gasteiger partial charge on any atom is -0.395 e. The third kappa shape index (κ3) is 1.80. The van der Waals surface area contributed by atoms with E-state index in [1.807, 2.05) is 0 Å². The fraction of sp³-hybridized carbons (Fsp3) is 0.222. The number of halogens is 2. The lowest BCUT2D eigenvalue weighted by atomic mass is 10.0. The van der Waals surface area contributed by atoms with Crippen LogP contribution in [0.2, 0.25) is 0 Å². The third-order valence-corrected chi connectivity index (χ3v) is 1.63. The first-order chi connectivity index (χ1) is 5.65. The summed E-state index contributed by atoms with van der Waals surface area (Å²) >= 11 is 0. The van der Waals surface area contributed by atoms with E-state index < -0.39 is 11.6 Å². The molecule has 1 nitrogen and oxygen atoms in total. The van der Waals surface area contributed by atoms with Crippen LogP contribution in [0.25, 0.3) is 0 Å². The molecule has 0 unspecified atom stereocenters. The third-order valence-electron chi connectivity index (χ3n) is 1.63. The fourth-order valence-corrected chi connectivity index (χ4v) is 0.910. The van der Waals surface area contributed by atoms with E-state index >= 15 is 0 Å². The monoisotopic (exact) mass is 171 g/mol. The molecule has 0 aliphatic carbocycles. The molecule has 1 aromatic rings. The summed E-state index contributed by atoms with van der Waals surface area (Å²) in [5.74, 6) is -0.589. The van der Waals surface area contributed by atoms with E-state index in [0.717, 1.165) is 18.2 Å². The van der Waals surface area contributed by atoms with Gasteiger partial charge in [0.15, 0.2) is 0 Å². The molecule has 0 aliphatic heterocycles. The lowest BCUT2D eigenvalue weighted by molar-refractivity contribution is 0.313. The van der Waals surface area contributed by atoms with Crippen LogP contribution in [0.1, 0.15) is 12.5 Å². The number of rotatable bonds is 2. The van der Waals surface area contributed by atoms with Crippen LogP contribution in [0, 0.1) is 17.6 Å². The first-order valence-electron chi connectivity index (χ1n) is 3.54. The van der Waals surface area contributed by atoms with Crippen molar-refractivity contribution in [1.29, 1.82) is 0 Å². The molecule has 1 rings (SSSR count). The Hall–Kier alpha value is -0.960. The maximum Gasteiger partial charge on any atom is 0.127 e. The Balaban J connectivity index is 3.04. The Kier molecular flexibility index (Phi) is 2.76. The number of aliphatic hydroxyl groups excluding tert-OH is 1. The molecule has 0 aliphatic rings. The van der Waals surface area contributed by atoms with Gasteiger partial charge in [-0.25, -0.2) is 8.78 Å². The van der Waals surface area contributed by atoms with Gasteiger partial charge in [0, 0.05) is 5.92 Å². The van der Waals surface area contributed by atoms with E-state index in [9.17, 15) is 8.78 Å². The van der Waals surface area contributed by atoms with Gasteiger partial charge >= 0.3 is 0 Å². The van der Waals surface area contributed by atoms with Crippen molar-refractivity contribution < 1.29 is 13.9 Å². The zero-order valence-electron chi connectivity index (χ0n) is 6.64. The largest absolute Gasteiger partial charge is 0.395 e. The Morgan fingerprint density at radius 1 is 1.42 bits per heavy atom. The van der Waals surface area contributed by atoms with Gasteiger partial charge < -0.3 is 5.11 Å². The first-order valence-corrected chi connectivity index (χ1v) is 3.54. The molecule has 1 N–H and O–H groups in total. The van der Waals surface area contributed by atoms with Crippen LogP contribution >= 0.6 is 0 Å². The molecular formula is C9H9F2O. The number of hydrogen-bond donors (Lipinski definition) is 1. The van der Waals surface area contributed by atoms with Crippen molar-refractivity contribution in [3.05, 3.63) is 41.3 Å². The van der Waals surface area contributed by atoms with Crippen molar-refractivity contribution in [2.24, 2.45) is 0 Å². The van der Waals surface area contributed by atoms with Gasteiger partial charge in [-0.2, -0.15) is 0 Å². The molecule has 0 atom stereocenters. The lowest BCUT2D eigenvalue weighted by Gasteiger charge is -2.07. The summed E-state index contributed by atoms with van der Waals surface area (Å²) in [6.45, 7) is 1.29. The molecule has 65 valence electrons. The van der Waals surface area contributed by atoms with E-state index in [4.69, 9.17) is 5.11 Å². The average Bonchev–Trinajstić information content (AvgIpc) is 2.08. The predicted octanol–water partition coefficient (Wildman–Crippen LogP) is 1.90. The average molecular weight is 171 g/mol. The number of benzene rings is 1. The lowest BCUT2D eigenvalue weighted by Crippen LogP contribution is -2.03. The van der Waals surface area contributed by atoms with E-state index in [2.05, 4.69) is 0 Å². The molecule has 0 spiro atoms. The summed E-state index contributed by atoms with van der Waals surface area (Å²) in [5.41, 5.74) is 0.137. The highest BCUT2D eigenvalue weighted by Gasteiger charge is 2.10. The Morgan fingerprint density at radius 2 is 2.08 bits per heavy atom.